The van der Waals surface area contributed by atoms with Crippen LogP contribution in [0.5, 0.6) is 0 Å². The number of hydrogen-bond acceptors (Lipinski definition) is 4. The molecule has 1 heterocycles. The van der Waals surface area contributed by atoms with E-state index in [1.54, 1.807) is 7.05 Å². The van der Waals surface area contributed by atoms with Crippen molar-refractivity contribution >= 4 is 15.8 Å². The lowest BCUT2D eigenvalue weighted by atomic mass is 9.95. The van der Waals surface area contributed by atoms with Crippen LogP contribution in [0, 0.1) is 0 Å². The Morgan fingerprint density at radius 2 is 1.86 bits per heavy atom. The number of nitrogens with zero attached hydrogens (tertiary/aromatic N) is 1. The van der Waals surface area contributed by atoms with Crippen molar-refractivity contribution in [2.45, 2.75) is 55.7 Å². The highest BCUT2D eigenvalue weighted by Gasteiger charge is 2.42. The van der Waals surface area contributed by atoms with E-state index in [1.807, 2.05) is 0 Å². The molecule has 1 saturated carbocycles. The lowest BCUT2D eigenvalue weighted by Gasteiger charge is -2.36. The average molecular weight is 331 g/mol. The van der Waals surface area contributed by atoms with Gasteiger partial charge in [-0.2, -0.15) is 0 Å². The molecule has 0 radical (unpaired) electrons. The molecule has 0 spiro atoms. The molecular formula is C15H29N3O3S. The predicted octanol–water partition coefficient (Wildman–Crippen LogP) is 1.08. The normalized spacial score (nSPS) is 24.0. The zero-order chi connectivity index (χ0) is 16.1. The second kappa shape index (κ2) is 7.64. The van der Waals surface area contributed by atoms with Crippen molar-refractivity contribution < 1.29 is 13.2 Å². The van der Waals surface area contributed by atoms with Crippen LogP contribution in [0.4, 0.5) is 0 Å². The average Bonchev–Trinajstić information content (AvgIpc) is 2.52. The summed E-state index contributed by atoms with van der Waals surface area (Å²) >= 11 is 0. The Labute approximate surface area is 134 Å². The lowest BCUT2D eigenvalue weighted by molar-refractivity contribution is 0.0756. The van der Waals surface area contributed by atoms with Crippen LogP contribution in [-0.4, -0.2) is 58.2 Å². The third-order valence-electron chi connectivity index (χ3n) is 4.94. The first kappa shape index (κ1) is 17.5. The molecule has 0 amide bonds. The second-order valence-corrected chi connectivity index (χ2v) is 8.88. The molecule has 2 rings (SSSR count). The van der Waals surface area contributed by atoms with Crippen molar-refractivity contribution in [3.8, 4) is 0 Å². The molecule has 0 bridgehead atoms. The number of nitrogens with one attached hydrogen (secondary N) is 2. The van der Waals surface area contributed by atoms with Gasteiger partial charge in [0.05, 0.1) is 4.75 Å². The SMILES string of the molecule is CN=C(NCC1(S(C)(=O)=O)CCOCC1)NC1CCCCC1. The molecular weight excluding hydrogens is 302 g/mol. The van der Waals surface area contributed by atoms with Crippen molar-refractivity contribution in [3.63, 3.8) is 0 Å². The Balaban J connectivity index is 1.95. The summed E-state index contributed by atoms with van der Waals surface area (Å²) in [5.74, 6) is 0.710. The third-order valence-corrected chi connectivity index (χ3v) is 7.06. The maximum absolute atomic E-state index is 12.2. The van der Waals surface area contributed by atoms with Crippen molar-refractivity contribution in [3.05, 3.63) is 0 Å². The van der Waals surface area contributed by atoms with Gasteiger partial charge in [0, 0.05) is 39.1 Å². The smallest absolute Gasteiger partial charge is 0.191 e. The van der Waals surface area contributed by atoms with Gasteiger partial charge in [-0.3, -0.25) is 4.99 Å². The molecule has 1 aliphatic carbocycles. The minimum absolute atomic E-state index is 0.390. The fourth-order valence-corrected chi connectivity index (χ4v) is 4.54. The maximum atomic E-state index is 12.2. The molecule has 0 atom stereocenters. The van der Waals surface area contributed by atoms with Gasteiger partial charge in [0.25, 0.3) is 0 Å². The lowest BCUT2D eigenvalue weighted by Crippen LogP contribution is -2.54. The zero-order valence-electron chi connectivity index (χ0n) is 13.7. The fourth-order valence-electron chi connectivity index (χ4n) is 3.30. The quantitative estimate of drug-likeness (QED) is 0.595. The number of hydrogen-bond donors (Lipinski definition) is 2. The van der Waals surface area contributed by atoms with Gasteiger partial charge in [0.15, 0.2) is 15.8 Å². The van der Waals surface area contributed by atoms with E-state index >= 15 is 0 Å². The van der Waals surface area contributed by atoms with Gasteiger partial charge in [0.1, 0.15) is 0 Å². The van der Waals surface area contributed by atoms with E-state index in [0.717, 1.165) is 12.8 Å². The summed E-state index contributed by atoms with van der Waals surface area (Å²) < 4.78 is 29.1. The molecule has 6 nitrogen and oxygen atoms in total. The summed E-state index contributed by atoms with van der Waals surface area (Å²) in [5, 5.41) is 6.66. The van der Waals surface area contributed by atoms with E-state index in [1.165, 1.54) is 25.5 Å². The molecule has 0 aromatic heterocycles. The van der Waals surface area contributed by atoms with Crippen molar-refractivity contribution in [2.75, 3.05) is 33.1 Å². The topological polar surface area (TPSA) is 79.8 Å². The summed E-state index contributed by atoms with van der Waals surface area (Å²) in [4.78, 5) is 4.25. The Bertz CT molecular complexity index is 478. The molecule has 0 aromatic carbocycles. The number of ether oxygens (including phenoxy) is 1. The van der Waals surface area contributed by atoms with Crippen LogP contribution < -0.4 is 10.6 Å². The predicted molar refractivity (Wildman–Crippen MR) is 89.0 cm³/mol. The van der Waals surface area contributed by atoms with Crippen molar-refractivity contribution in [1.82, 2.24) is 10.6 Å². The highest BCUT2D eigenvalue weighted by atomic mass is 32.2. The molecule has 2 N–H and O–H groups in total. The van der Waals surface area contributed by atoms with E-state index < -0.39 is 14.6 Å². The van der Waals surface area contributed by atoms with Gasteiger partial charge in [0.2, 0.25) is 0 Å². The van der Waals surface area contributed by atoms with E-state index in [9.17, 15) is 8.42 Å². The second-order valence-electron chi connectivity index (χ2n) is 6.47. The van der Waals surface area contributed by atoms with Gasteiger partial charge in [-0.05, 0) is 25.7 Å². The monoisotopic (exact) mass is 331 g/mol. The van der Waals surface area contributed by atoms with E-state index in [-0.39, 0.29) is 0 Å². The number of sulfone groups is 1. The Hall–Kier alpha value is -0.820. The standard InChI is InChI=1S/C15H29N3O3S/c1-16-14(18-13-6-4-3-5-7-13)17-12-15(22(2,19)20)8-10-21-11-9-15/h13H,3-12H2,1-2H3,(H2,16,17,18). The van der Waals surface area contributed by atoms with Gasteiger partial charge in [-0.15, -0.1) is 0 Å². The van der Waals surface area contributed by atoms with Crippen LogP contribution in [0.15, 0.2) is 4.99 Å². The number of guanidine groups is 1. The Morgan fingerprint density at radius 3 is 2.41 bits per heavy atom. The molecule has 2 aliphatic rings. The van der Waals surface area contributed by atoms with Crippen LogP contribution >= 0.6 is 0 Å². The number of aliphatic imine (C=N–C) groups is 1. The van der Waals surface area contributed by atoms with Crippen LogP contribution in [0.25, 0.3) is 0 Å². The van der Waals surface area contributed by atoms with Crippen molar-refractivity contribution in [2.24, 2.45) is 4.99 Å². The molecule has 128 valence electrons. The van der Waals surface area contributed by atoms with E-state index in [4.69, 9.17) is 4.74 Å². The number of rotatable bonds is 4. The first-order valence-electron chi connectivity index (χ1n) is 8.21. The summed E-state index contributed by atoms with van der Waals surface area (Å²) in [6, 6.07) is 0.448. The molecule has 1 aliphatic heterocycles. The van der Waals surface area contributed by atoms with E-state index in [0.29, 0.717) is 44.6 Å². The fraction of sp³-hybridized carbons (Fsp3) is 0.933. The first-order valence-corrected chi connectivity index (χ1v) is 10.1. The zero-order valence-corrected chi connectivity index (χ0v) is 14.5. The minimum Gasteiger partial charge on any atom is -0.381 e. The van der Waals surface area contributed by atoms with Gasteiger partial charge >= 0.3 is 0 Å². The third kappa shape index (κ3) is 4.35. The Morgan fingerprint density at radius 1 is 1.23 bits per heavy atom. The van der Waals surface area contributed by atoms with Crippen LogP contribution in [-0.2, 0) is 14.6 Å². The highest BCUT2D eigenvalue weighted by molar-refractivity contribution is 7.92. The van der Waals surface area contributed by atoms with Gasteiger partial charge in [-0.25, -0.2) is 8.42 Å². The Kier molecular flexibility index (Phi) is 6.09. The molecule has 22 heavy (non-hydrogen) atoms. The molecule has 0 aromatic rings. The van der Waals surface area contributed by atoms with Gasteiger partial charge in [-0.1, -0.05) is 19.3 Å². The summed E-state index contributed by atoms with van der Waals surface area (Å²) in [5.41, 5.74) is 0. The molecule has 0 unspecified atom stereocenters. The van der Waals surface area contributed by atoms with Gasteiger partial charge < -0.3 is 15.4 Å². The molecule has 1 saturated heterocycles. The van der Waals surface area contributed by atoms with Crippen LogP contribution in [0.3, 0.4) is 0 Å². The molecule has 2 fully saturated rings. The minimum atomic E-state index is -3.15. The van der Waals surface area contributed by atoms with Crippen LogP contribution in [0.1, 0.15) is 44.9 Å². The van der Waals surface area contributed by atoms with Crippen LogP contribution in [0.2, 0.25) is 0 Å². The summed E-state index contributed by atoms with van der Waals surface area (Å²) in [7, 11) is -1.42. The summed E-state index contributed by atoms with van der Waals surface area (Å²) in [6.07, 6.45) is 8.54. The first-order chi connectivity index (χ1) is 10.5. The molecule has 7 heteroatoms. The van der Waals surface area contributed by atoms with E-state index in [2.05, 4.69) is 15.6 Å². The maximum Gasteiger partial charge on any atom is 0.191 e. The van der Waals surface area contributed by atoms with Crippen molar-refractivity contribution in [1.29, 1.82) is 0 Å². The highest BCUT2D eigenvalue weighted by Crippen LogP contribution is 2.28. The largest absolute Gasteiger partial charge is 0.381 e. The summed E-state index contributed by atoms with van der Waals surface area (Å²) in [6.45, 7) is 1.40.